The van der Waals surface area contributed by atoms with Gasteiger partial charge in [-0.25, -0.2) is 4.79 Å². The van der Waals surface area contributed by atoms with E-state index in [0.29, 0.717) is 12.4 Å². The van der Waals surface area contributed by atoms with Crippen molar-refractivity contribution < 1.29 is 132 Å². The molecule has 11 bridgehead atoms. The van der Waals surface area contributed by atoms with Gasteiger partial charge in [0.15, 0.2) is 36.2 Å². The first-order valence-electron chi connectivity index (χ1n) is 41.0. The van der Waals surface area contributed by atoms with Gasteiger partial charge in [0, 0.05) is 53.2 Å². The average molecular weight is 1780 g/mol. The van der Waals surface area contributed by atoms with Gasteiger partial charge >= 0.3 is 5.97 Å². The molecule has 8 aliphatic heterocycles. The van der Waals surface area contributed by atoms with Crippen LogP contribution in [0.5, 0.6) is 51.7 Å². The molecule has 39 heteroatoms. The minimum atomic E-state index is -2.39. The lowest BCUT2D eigenvalue weighted by Crippen LogP contribution is -2.65. The number of carbonyl (C=O) groups is 8. The maximum Gasteiger partial charge on any atom is 0.330 e. The Morgan fingerprint density at radius 3 is 1.91 bits per heavy atom. The number of aromatic hydroxyl groups is 3. The van der Waals surface area contributed by atoms with Crippen molar-refractivity contribution in [2.45, 2.75) is 240 Å². The Hall–Kier alpha value is -10.3. The molecule has 0 spiro atoms. The fraction of sp³-hybridized carbons (Fsp3) is 0.488. The van der Waals surface area contributed by atoms with Crippen LogP contribution in [-0.4, -0.2) is 222 Å². The molecule has 8 heterocycles. The van der Waals surface area contributed by atoms with Crippen LogP contribution < -0.4 is 72.9 Å². The SMILES string of the molecule is CCCCCCOc1ccc(CN[C@@]2(C)C[C@H](O[C@H]3[C@H](Oc4c5cc6cc4Oc4ccc(cc4Cl)[C@@H](O[C@H]4C[C@](C)(N)[C@H](O)[C@H](C)O4)[C@@H]4NC(=O)[C@H](NC(=O)[C@@H]6NC(=O)[C@H](CC(N)=O)NC(=O)[C@H](NC(=O)[C@@H](CC(C)C)NC)[C@H](O)c6ccc(c(Cl)c6)O5)c5ccc(O)c(c5)-c5c(O)cc(O)cc5[C@H](C(=O)O)NC4=O)O[C@H](CO)[C@@H](O)[C@@H]3O)O[C@@H](C)[C@H]2O)cc1. The van der Waals surface area contributed by atoms with Crippen LogP contribution in [0.15, 0.2) is 103 Å². The smallest absolute Gasteiger partial charge is 0.330 e. The highest BCUT2D eigenvalue weighted by molar-refractivity contribution is 6.32. The van der Waals surface area contributed by atoms with Gasteiger partial charge in [0.2, 0.25) is 53.4 Å². The van der Waals surface area contributed by atoms with Gasteiger partial charge in [0.25, 0.3) is 0 Å². The summed E-state index contributed by atoms with van der Waals surface area (Å²) in [5, 5.41) is 137. The lowest BCUT2D eigenvalue weighted by atomic mass is 9.84. The molecular weight excluding hydrogens is 1680 g/mol. The largest absolute Gasteiger partial charge is 0.508 e. The van der Waals surface area contributed by atoms with Crippen molar-refractivity contribution in [3.8, 4) is 62.9 Å². The van der Waals surface area contributed by atoms with Crippen molar-refractivity contribution in [3.05, 3.63) is 147 Å². The molecule has 125 heavy (non-hydrogen) atoms. The number of primary amides is 1. The van der Waals surface area contributed by atoms with E-state index in [0.717, 1.165) is 79.8 Å². The number of aliphatic hydroxyl groups is 6. The number of benzene rings is 6. The third-order valence-corrected chi connectivity index (χ3v) is 23.6. The molecule has 22 atom stereocenters. The standard InChI is InChI=1S/C86H106Cl2N10O27/c1-9-10-11-12-23-117-46-18-13-40(14-19-46)35-92-86(7)34-62(119-39(5)76(86)108)124-74-71(106)70(105)59(36-99)122-84(74)125-73-57-28-44-29-58(73)121-56-22-17-43(27-50(56)88)72(123-61-33-85(6,90)75(107)38(4)118-61)68-82(114)96-66(83(115)116)48-30-45(100)31-54(102)63(48)47-25-41(15-20-53(47)101)64(79(111)98-68)95-80(112)65(44)94-78(110)52(32-60(89)103)93-81(113)67(97-77(109)51(91-8)24-37(2)3)69(104)42-16-21-55(120-57)49(87)26-42/h13-22,25-31,37-39,51-52,59,61-62,64-72,74-76,84,91-92,99-102,104-108H,9-12,23-24,32-36,90H2,1-8H3,(H2,89,103)(H,93,113)(H,94,110)(H,95,112)(H,96,114)(H,97,109)(H,98,111)(H,115,116)/t38-,39-,51+,52-,59+,61-,62-,64+,65+,66+,67+,68-,69+,70+,71-,72+,74+,75+,76+,84-,85-,86-/m0/s1. The molecule has 37 nitrogen and oxygen atoms in total. The van der Waals surface area contributed by atoms with E-state index >= 15 is 24.0 Å². The van der Waals surface area contributed by atoms with Crippen LogP contribution in [0.4, 0.5) is 0 Å². The molecular formula is C86H106Cl2N10O27. The molecule has 0 radical (unpaired) electrons. The van der Waals surface area contributed by atoms with Crippen LogP contribution in [0.25, 0.3) is 11.1 Å². The van der Waals surface area contributed by atoms with Crippen molar-refractivity contribution >= 4 is 70.5 Å². The van der Waals surface area contributed by atoms with Gasteiger partial charge in [-0.1, -0.05) is 93.6 Å². The predicted molar refractivity (Wildman–Crippen MR) is 444 cm³/mol. The summed E-state index contributed by atoms with van der Waals surface area (Å²) < 4.78 is 58.9. The molecule has 8 aliphatic rings. The fourth-order valence-corrected chi connectivity index (χ4v) is 16.6. The molecule has 6 aromatic rings. The number of carbonyl (C=O) groups excluding carboxylic acids is 7. The van der Waals surface area contributed by atoms with E-state index in [2.05, 4.69) is 49.5 Å². The Morgan fingerprint density at radius 1 is 0.664 bits per heavy atom. The van der Waals surface area contributed by atoms with Crippen molar-refractivity contribution in [1.29, 1.82) is 0 Å². The third kappa shape index (κ3) is 21.4. The summed E-state index contributed by atoms with van der Waals surface area (Å²) in [6, 6.07) is 7.04. The second kappa shape index (κ2) is 39.7. The highest BCUT2D eigenvalue weighted by atomic mass is 35.5. The number of likely N-dealkylation sites (N-methyl/N-ethyl adjacent to an activating group) is 1. The van der Waals surface area contributed by atoms with E-state index in [9.17, 15) is 65.4 Å². The molecule has 0 aliphatic carbocycles. The molecule has 3 saturated heterocycles. The van der Waals surface area contributed by atoms with Gasteiger partial charge in [-0.3, -0.25) is 33.6 Å². The van der Waals surface area contributed by atoms with E-state index in [1.807, 2.05) is 38.1 Å². The Kier molecular flexibility index (Phi) is 29.8. The van der Waals surface area contributed by atoms with Gasteiger partial charge in [-0.2, -0.15) is 0 Å². The zero-order valence-electron chi connectivity index (χ0n) is 69.5. The summed E-state index contributed by atoms with van der Waals surface area (Å²) >= 11 is 14.7. The van der Waals surface area contributed by atoms with Crippen LogP contribution in [0, 0.1) is 5.92 Å². The summed E-state index contributed by atoms with van der Waals surface area (Å²) in [7, 11) is 1.48. The number of rotatable bonds is 24. The zero-order chi connectivity index (χ0) is 90.5. The number of hydrogen-bond acceptors (Lipinski definition) is 29. The van der Waals surface area contributed by atoms with Gasteiger partial charge < -0.3 is 148 Å². The number of halogens is 2. The van der Waals surface area contributed by atoms with E-state index in [1.54, 1.807) is 13.8 Å². The number of aliphatic hydroxyl groups excluding tert-OH is 6. The first kappa shape index (κ1) is 93.8. The Morgan fingerprint density at radius 2 is 1.29 bits per heavy atom. The number of aliphatic carboxylic acids is 1. The minimum absolute atomic E-state index is 0.117. The van der Waals surface area contributed by atoms with Gasteiger partial charge in [-0.15, -0.1) is 0 Å². The number of carboxylic acids is 1. The van der Waals surface area contributed by atoms with Crippen molar-refractivity contribution in [2.24, 2.45) is 17.4 Å². The predicted octanol–water partition coefficient (Wildman–Crippen LogP) is 4.13. The Bertz CT molecular complexity index is 4980. The lowest BCUT2D eigenvalue weighted by molar-refractivity contribution is -0.334. The van der Waals surface area contributed by atoms with E-state index in [4.69, 9.17) is 77.3 Å². The van der Waals surface area contributed by atoms with Crippen molar-refractivity contribution in [1.82, 2.24) is 42.5 Å². The molecule has 22 N–H and O–H groups in total. The van der Waals surface area contributed by atoms with Crippen molar-refractivity contribution in [3.63, 3.8) is 0 Å². The summed E-state index contributed by atoms with van der Waals surface area (Å²) in [4.78, 5) is 121. The number of nitrogens with two attached hydrogens (primary N) is 2. The molecule has 0 saturated carbocycles. The summed E-state index contributed by atoms with van der Waals surface area (Å²) in [6.45, 7) is 11.8. The second-order valence-electron chi connectivity index (χ2n) is 33.1. The molecule has 676 valence electrons. The molecule has 14 rings (SSSR count). The number of phenolic OH excluding ortho intramolecular Hbond substituents is 3. The van der Waals surface area contributed by atoms with E-state index in [-0.39, 0.29) is 59.2 Å². The number of amides is 7. The number of fused-ring (bicyclic) bond motifs is 15. The van der Waals surface area contributed by atoms with Crippen LogP contribution in [0.2, 0.25) is 10.0 Å². The van der Waals surface area contributed by atoms with E-state index in [1.165, 1.54) is 51.2 Å². The number of nitrogens with one attached hydrogen (secondary N) is 8. The molecule has 6 aromatic carbocycles. The lowest BCUT2D eigenvalue weighted by Gasteiger charge is -2.48. The van der Waals surface area contributed by atoms with Crippen LogP contribution in [0.3, 0.4) is 0 Å². The van der Waals surface area contributed by atoms with Crippen LogP contribution >= 0.6 is 23.2 Å². The quantitative estimate of drug-likeness (QED) is 0.0379. The number of phenols is 3. The maximum absolute atomic E-state index is 16.6. The van der Waals surface area contributed by atoms with Crippen LogP contribution in [0.1, 0.15) is 164 Å². The normalized spacial score (nSPS) is 29.7. The number of hydrogen-bond donors (Lipinski definition) is 20. The average Bonchev–Trinajstić information content (AvgIpc) is 0.778. The van der Waals surface area contributed by atoms with Gasteiger partial charge in [0.1, 0.15) is 95.2 Å². The summed E-state index contributed by atoms with van der Waals surface area (Å²) in [6.07, 6.45) is -18.8. The monoisotopic (exact) mass is 1780 g/mol. The highest BCUT2D eigenvalue weighted by Crippen LogP contribution is 2.51. The number of ether oxygens (including phenoxy) is 9. The van der Waals surface area contributed by atoms with Crippen LogP contribution in [-0.2, 0) is 68.6 Å². The van der Waals surface area contributed by atoms with E-state index < -0.39 is 261 Å². The highest BCUT2D eigenvalue weighted by Gasteiger charge is 2.53. The first-order valence-corrected chi connectivity index (χ1v) is 41.8. The number of unbranched alkanes of at least 4 members (excludes halogenated alkanes) is 3. The van der Waals surface area contributed by atoms with Gasteiger partial charge in [0.05, 0.1) is 60.1 Å². The summed E-state index contributed by atoms with van der Waals surface area (Å²) in [5.74, 6) is -15.4. The third-order valence-electron chi connectivity index (χ3n) is 23.0. The maximum atomic E-state index is 16.6. The fourth-order valence-electron chi connectivity index (χ4n) is 16.1. The first-order chi connectivity index (χ1) is 59.3. The zero-order valence-corrected chi connectivity index (χ0v) is 71.1. The summed E-state index contributed by atoms with van der Waals surface area (Å²) in [5.41, 5.74) is 7.82. The minimum Gasteiger partial charge on any atom is -0.508 e. The molecule has 0 unspecified atom stereocenters. The molecule has 0 aromatic heterocycles. The van der Waals surface area contributed by atoms with Crippen molar-refractivity contribution in [2.75, 3.05) is 20.3 Å². The number of carboxylic acid groups (broad SMARTS) is 1. The molecule has 3 fully saturated rings. The topological polar surface area (TPSA) is 570 Å². The molecule has 7 amide bonds. The Labute approximate surface area is 728 Å². The van der Waals surface area contributed by atoms with Gasteiger partial charge in [-0.05, 0) is 148 Å². The Balaban J connectivity index is 1.07. The second-order valence-corrected chi connectivity index (χ2v) is 33.9.